The zero-order valence-corrected chi connectivity index (χ0v) is 23.6. The first-order valence-electron chi connectivity index (χ1n) is 12.8. The molecule has 0 aliphatic carbocycles. The number of hydrogen-bond donors (Lipinski definition) is 0. The molecule has 1 amide bonds. The first kappa shape index (κ1) is 28.1. The van der Waals surface area contributed by atoms with E-state index in [-0.39, 0.29) is 23.1 Å². The quantitative estimate of drug-likeness (QED) is 0.376. The van der Waals surface area contributed by atoms with Gasteiger partial charge in [-0.25, -0.2) is 8.42 Å². The Morgan fingerprint density at radius 2 is 1.56 bits per heavy atom. The summed E-state index contributed by atoms with van der Waals surface area (Å²) in [6, 6.07) is 19.4. The monoisotopic (exact) mass is 553 g/mol. The molecule has 4 rings (SSSR count). The van der Waals surface area contributed by atoms with Crippen molar-refractivity contribution in [1.82, 2.24) is 4.90 Å². The van der Waals surface area contributed by atoms with Gasteiger partial charge in [-0.3, -0.25) is 9.10 Å². The molecule has 3 aromatic carbocycles. The second-order valence-corrected chi connectivity index (χ2v) is 11.0. The summed E-state index contributed by atoms with van der Waals surface area (Å²) in [7, 11) is -1.08. The van der Waals surface area contributed by atoms with Crippen molar-refractivity contribution in [2.75, 3.05) is 62.8 Å². The van der Waals surface area contributed by atoms with Crippen molar-refractivity contribution < 1.29 is 27.4 Å². The van der Waals surface area contributed by atoms with E-state index in [9.17, 15) is 13.2 Å². The molecule has 3 aromatic rings. The largest absolute Gasteiger partial charge is 0.495 e. The van der Waals surface area contributed by atoms with Crippen LogP contribution in [0.2, 0.25) is 0 Å². The molecule has 10 heteroatoms. The van der Waals surface area contributed by atoms with Crippen molar-refractivity contribution >= 4 is 27.3 Å². The first-order chi connectivity index (χ1) is 18.8. The summed E-state index contributed by atoms with van der Waals surface area (Å²) < 4.78 is 45.6. The van der Waals surface area contributed by atoms with Gasteiger partial charge in [0.1, 0.15) is 28.7 Å². The average molecular weight is 554 g/mol. The number of para-hydroxylation sites is 2. The number of rotatable bonds is 10. The molecule has 0 saturated carbocycles. The van der Waals surface area contributed by atoms with Crippen LogP contribution >= 0.6 is 0 Å². The molecule has 1 aliphatic heterocycles. The lowest BCUT2D eigenvalue weighted by Crippen LogP contribution is -2.52. The lowest BCUT2D eigenvalue weighted by atomic mass is 10.2. The molecule has 0 atom stereocenters. The van der Waals surface area contributed by atoms with Crippen LogP contribution in [0.15, 0.2) is 71.6 Å². The maximum absolute atomic E-state index is 14.0. The van der Waals surface area contributed by atoms with Crippen molar-refractivity contribution in [3.63, 3.8) is 0 Å². The van der Waals surface area contributed by atoms with E-state index in [2.05, 4.69) is 4.90 Å². The van der Waals surface area contributed by atoms with E-state index >= 15 is 0 Å². The van der Waals surface area contributed by atoms with Crippen LogP contribution in [0.4, 0.5) is 11.4 Å². The zero-order chi connectivity index (χ0) is 28.0. The van der Waals surface area contributed by atoms with Gasteiger partial charge in [-0.05, 0) is 67.9 Å². The van der Waals surface area contributed by atoms with Gasteiger partial charge in [-0.1, -0.05) is 18.2 Å². The summed E-state index contributed by atoms with van der Waals surface area (Å²) >= 11 is 0. The average Bonchev–Trinajstić information content (AvgIpc) is 2.96. The highest BCUT2D eigenvalue weighted by molar-refractivity contribution is 7.93. The highest BCUT2D eigenvalue weighted by atomic mass is 32.2. The Bertz CT molecular complexity index is 1390. The van der Waals surface area contributed by atoms with Crippen molar-refractivity contribution in [2.45, 2.75) is 18.7 Å². The molecular weight excluding hydrogens is 518 g/mol. The molecule has 0 unspecified atom stereocenters. The normalized spacial score (nSPS) is 13.6. The third-order valence-corrected chi connectivity index (χ3v) is 8.46. The van der Waals surface area contributed by atoms with Crippen LogP contribution in [0.5, 0.6) is 17.2 Å². The maximum Gasteiger partial charge on any atom is 0.268 e. The van der Waals surface area contributed by atoms with Crippen LogP contribution in [-0.2, 0) is 14.8 Å². The molecule has 1 fully saturated rings. The van der Waals surface area contributed by atoms with E-state index in [1.807, 2.05) is 38.1 Å². The van der Waals surface area contributed by atoms with E-state index in [0.29, 0.717) is 44.2 Å². The molecule has 1 heterocycles. The number of sulfonamides is 1. The van der Waals surface area contributed by atoms with Crippen LogP contribution in [0, 0.1) is 6.92 Å². The SMILES string of the molecule is CCOc1ccc(N(CC(=O)N2CCN(c3ccccc3OC)CC2)S(=O)(=O)c2cc(C)ccc2OC)cc1. The van der Waals surface area contributed by atoms with Crippen LogP contribution in [0.1, 0.15) is 12.5 Å². The smallest absolute Gasteiger partial charge is 0.268 e. The van der Waals surface area contributed by atoms with Crippen LogP contribution in [0.25, 0.3) is 0 Å². The predicted octanol–water partition coefficient (Wildman–Crippen LogP) is 3.96. The second-order valence-electron chi connectivity index (χ2n) is 9.13. The molecule has 0 N–H and O–H groups in total. The minimum absolute atomic E-state index is 0.00711. The molecule has 0 bridgehead atoms. The molecule has 0 aromatic heterocycles. The number of hydrogen-bond acceptors (Lipinski definition) is 7. The molecule has 0 radical (unpaired) electrons. The molecule has 39 heavy (non-hydrogen) atoms. The number of amides is 1. The Balaban J connectivity index is 1.59. The lowest BCUT2D eigenvalue weighted by molar-refractivity contribution is -0.129. The minimum atomic E-state index is -4.15. The number of carbonyl (C=O) groups excluding carboxylic acids is 1. The Morgan fingerprint density at radius 1 is 0.897 bits per heavy atom. The second kappa shape index (κ2) is 12.3. The van der Waals surface area contributed by atoms with Crippen molar-refractivity contribution in [1.29, 1.82) is 0 Å². The third-order valence-electron chi connectivity index (χ3n) is 6.66. The van der Waals surface area contributed by atoms with Gasteiger partial charge >= 0.3 is 0 Å². The summed E-state index contributed by atoms with van der Waals surface area (Å²) in [6.45, 7) is 5.96. The molecular formula is C29H35N3O6S. The summed E-state index contributed by atoms with van der Waals surface area (Å²) in [5, 5.41) is 0. The fourth-order valence-electron chi connectivity index (χ4n) is 4.61. The number of benzene rings is 3. The number of anilines is 2. The van der Waals surface area contributed by atoms with Crippen molar-refractivity contribution in [2.24, 2.45) is 0 Å². The third kappa shape index (κ3) is 6.22. The van der Waals surface area contributed by atoms with E-state index < -0.39 is 10.0 Å². The number of piperazine rings is 1. The van der Waals surface area contributed by atoms with Gasteiger partial charge in [0, 0.05) is 26.2 Å². The Labute approximate surface area is 230 Å². The predicted molar refractivity (Wildman–Crippen MR) is 152 cm³/mol. The fourth-order valence-corrected chi connectivity index (χ4v) is 6.26. The van der Waals surface area contributed by atoms with Gasteiger partial charge in [-0.2, -0.15) is 0 Å². The summed E-state index contributed by atoms with van der Waals surface area (Å²) in [6.07, 6.45) is 0. The lowest BCUT2D eigenvalue weighted by Gasteiger charge is -2.37. The topological polar surface area (TPSA) is 88.6 Å². The van der Waals surface area contributed by atoms with Crippen LogP contribution in [-0.4, -0.2) is 72.8 Å². The Kier molecular flexibility index (Phi) is 8.86. The van der Waals surface area contributed by atoms with E-state index in [1.165, 1.54) is 7.11 Å². The Hall–Kier alpha value is -3.92. The number of carbonyl (C=O) groups is 1. The van der Waals surface area contributed by atoms with E-state index in [1.54, 1.807) is 54.5 Å². The van der Waals surface area contributed by atoms with Gasteiger partial charge in [0.25, 0.3) is 10.0 Å². The number of ether oxygens (including phenoxy) is 3. The standard InChI is InChI=1S/C29H35N3O6S/c1-5-38-24-13-11-23(12-14-24)32(39(34,35)28-20-22(2)10-15-27(28)37-4)21-29(33)31-18-16-30(17-19-31)25-8-6-7-9-26(25)36-3/h6-15,20H,5,16-19,21H2,1-4H3. The Morgan fingerprint density at radius 3 is 2.21 bits per heavy atom. The van der Waals surface area contributed by atoms with Crippen LogP contribution < -0.4 is 23.4 Å². The van der Waals surface area contributed by atoms with E-state index in [4.69, 9.17) is 14.2 Å². The van der Waals surface area contributed by atoms with E-state index in [0.717, 1.165) is 21.3 Å². The maximum atomic E-state index is 14.0. The summed E-state index contributed by atoms with van der Waals surface area (Å²) in [4.78, 5) is 17.4. The van der Waals surface area contributed by atoms with Gasteiger partial charge in [0.15, 0.2) is 0 Å². The van der Waals surface area contributed by atoms with Gasteiger partial charge in [0.2, 0.25) is 5.91 Å². The van der Waals surface area contributed by atoms with Crippen LogP contribution in [0.3, 0.4) is 0 Å². The first-order valence-corrected chi connectivity index (χ1v) is 14.3. The molecule has 0 spiro atoms. The molecule has 208 valence electrons. The summed E-state index contributed by atoms with van der Waals surface area (Å²) in [5.74, 6) is 1.33. The summed E-state index contributed by atoms with van der Waals surface area (Å²) in [5.41, 5.74) is 2.10. The number of aryl methyl sites for hydroxylation is 1. The molecule has 1 saturated heterocycles. The van der Waals surface area contributed by atoms with Gasteiger partial charge < -0.3 is 24.0 Å². The number of nitrogens with zero attached hydrogens (tertiary/aromatic N) is 3. The van der Waals surface area contributed by atoms with Crippen molar-refractivity contribution in [3.05, 3.63) is 72.3 Å². The fraction of sp³-hybridized carbons (Fsp3) is 0.345. The van der Waals surface area contributed by atoms with Gasteiger partial charge in [0.05, 0.1) is 32.2 Å². The zero-order valence-electron chi connectivity index (χ0n) is 22.8. The minimum Gasteiger partial charge on any atom is -0.495 e. The van der Waals surface area contributed by atoms with Crippen molar-refractivity contribution in [3.8, 4) is 17.2 Å². The highest BCUT2D eigenvalue weighted by Crippen LogP contribution is 2.32. The van der Waals surface area contributed by atoms with Gasteiger partial charge in [-0.15, -0.1) is 0 Å². The highest BCUT2D eigenvalue weighted by Gasteiger charge is 2.32. The number of methoxy groups -OCH3 is 2. The molecule has 9 nitrogen and oxygen atoms in total. The molecule has 1 aliphatic rings.